The van der Waals surface area contributed by atoms with E-state index in [4.69, 9.17) is 0 Å². The van der Waals surface area contributed by atoms with E-state index in [-0.39, 0.29) is 12.4 Å². The lowest BCUT2D eigenvalue weighted by Crippen LogP contribution is -2.45. The monoisotopic (exact) mass is 228 g/mol. The van der Waals surface area contributed by atoms with Crippen molar-refractivity contribution in [2.75, 3.05) is 20.1 Å². The molecule has 0 fully saturated rings. The van der Waals surface area contributed by atoms with Crippen molar-refractivity contribution in [1.82, 2.24) is 9.80 Å². The molecule has 2 rings (SSSR count). The van der Waals surface area contributed by atoms with Gasteiger partial charge in [-0.25, -0.2) is 8.78 Å². The summed E-state index contributed by atoms with van der Waals surface area (Å²) in [5.41, 5.74) is 0.506. The number of nitrogens with zero attached hydrogens (tertiary/aromatic N) is 2. The maximum Gasteiger partial charge on any atom is 0.130 e. The molecule has 0 aromatic carbocycles. The first-order chi connectivity index (χ1) is 7.50. The summed E-state index contributed by atoms with van der Waals surface area (Å²) < 4.78 is 27.1. The van der Waals surface area contributed by atoms with Gasteiger partial charge in [-0.2, -0.15) is 0 Å². The SMILES string of the molecule is CC(C)N1CCC(F)C2=C1N(C)CC(F)=C2. The first-order valence-electron chi connectivity index (χ1n) is 5.72. The number of allylic oxidation sites excluding steroid dienone is 2. The van der Waals surface area contributed by atoms with Crippen LogP contribution in [-0.2, 0) is 0 Å². The van der Waals surface area contributed by atoms with Crippen molar-refractivity contribution in [1.29, 1.82) is 0 Å². The van der Waals surface area contributed by atoms with Crippen LogP contribution < -0.4 is 0 Å². The molecule has 0 aromatic rings. The number of hydrogen-bond acceptors (Lipinski definition) is 2. The Bertz CT molecular complexity index is 347. The molecule has 90 valence electrons. The van der Waals surface area contributed by atoms with Crippen LogP contribution in [0.2, 0.25) is 0 Å². The molecule has 0 spiro atoms. The molecule has 0 aromatic heterocycles. The minimum Gasteiger partial charge on any atom is -0.355 e. The van der Waals surface area contributed by atoms with Crippen molar-refractivity contribution in [2.24, 2.45) is 0 Å². The van der Waals surface area contributed by atoms with Gasteiger partial charge in [-0.05, 0) is 19.9 Å². The standard InChI is InChI=1S/C12H18F2N2/c1-8(2)16-5-4-11(14)10-6-9(13)7-15(3)12(10)16/h6,8,11H,4-5,7H2,1-3H3. The number of rotatable bonds is 1. The Hall–Kier alpha value is -1.06. The molecule has 0 saturated heterocycles. The summed E-state index contributed by atoms with van der Waals surface area (Å²) in [5.74, 6) is 0.602. The number of hydrogen-bond donors (Lipinski definition) is 0. The molecular weight excluding hydrogens is 210 g/mol. The van der Waals surface area contributed by atoms with Crippen molar-refractivity contribution in [3.63, 3.8) is 0 Å². The van der Waals surface area contributed by atoms with E-state index in [1.165, 1.54) is 6.08 Å². The molecule has 4 heteroatoms. The van der Waals surface area contributed by atoms with E-state index in [0.717, 1.165) is 5.82 Å². The van der Waals surface area contributed by atoms with Crippen molar-refractivity contribution in [3.8, 4) is 0 Å². The van der Waals surface area contributed by atoms with E-state index in [2.05, 4.69) is 18.7 Å². The molecule has 0 aliphatic carbocycles. The van der Waals surface area contributed by atoms with Crippen LogP contribution in [0.3, 0.4) is 0 Å². The van der Waals surface area contributed by atoms with Crippen LogP contribution in [0.25, 0.3) is 0 Å². The zero-order valence-electron chi connectivity index (χ0n) is 10.0. The maximum absolute atomic E-state index is 13.8. The summed E-state index contributed by atoms with van der Waals surface area (Å²) in [7, 11) is 1.81. The van der Waals surface area contributed by atoms with Crippen LogP contribution in [-0.4, -0.2) is 42.2 Å². The maximum atomic E-state index is 13.8. The van der Waals surface area contributed by atoms with E-state index >= 15 is 0 Å². The van der Waals surface area contributed by atoms with Gasteiger partial charge in [-0.3, -0.25) is 0 Å². The van der Waals surface area contributed by atoms with Gasteiger partial charge < -0.3 is 9.80 Å². The fourth-order valence-corrected chi connectivity index (χ4v) is 2.43. The Kier molecular flexibility index (Phi) is 2.91. The predicted octanol–water partition coefficient (Wildman–Crippen LogP) is 2.45. The summed E-state index contributed by atoms with van der Waals surface area (Å²) in [6.07, 6.45) is 0.793. The fourth-order valence-electron chi connectivity index (χ4n) is 2.43. The van der Waals surface area contributed by atoms with Gasteiger partial charge in [-0.15, -0.1) is 0 Å². The topological polar surface area (TPSA) is 6.48 Å². The van der Waals surface area contributed by atoms with Crippen LogP contribution in [0, 0.1) is 0 Å². The van der Waals surface area contributed by atoms with Gasteiger partial charge >= 0.3 is 0 Å². The highest BCUT2D eigenvalue weighted by atomic mass is 19.1. The summed E-state index contributed by atoms with van der Waals surface area (Å²) in [5, 5.41) is 0. The second kappa shape index (κ2) is 4.07. The minimum absolute atomic E-state index is 0.245. The molecule has 0 saturated carbocycles. The van der Waals surface area contributed by atoms with Crippen LogP contribution in [0.5, 0.6) is 0 Å². The first-order valence-corrected chi connectivity index (χ1v) is 5.72. The second-order valence-corrected chi connectivity index (χ2v) is 4.77. The number of alkyl halides is 1. The summed E-state index contributed by atoms with van der Waals surface area (Å²) >= 11 is 0. The number of likely N-dealkylation sites (N-methyl/N-ethyl adjacent to an activating group) is 1. The Balaban J connectivity index is 2.43. The Morgan fingerprint density at radius 3 is 2.75 bits per heavy atom. The average molecular weight is 228 g/mol. The summed E-state index contributed by atoms with van der Waals surface area (Å²) in [6.45, 7) is 5.10. The van der Waals surface area contributed by atoms with Gasteiger partial charge in [-0.1, -0.05) is 0 Å². The Labute approximate surface area is 95.2 Å². The van der Waals surface area contributed by atoms with E-state index in [0.29, 0.717) is 24.6 Å². The van der Waals surface area contributed by atoms with Gasteiger partial charge in [0.15, 0.2) is 0 Å². The van der Waals surface area contributed by atoms with Crippen molar-refractivity contribution in [3.05, 3.63) is 23.3 Å². The van der Waals surface area contributed by atoms with E-state index < -0.39 is 6.17 Å². The smallest absolute Gasteiger partial charge is 0.130 e. The summed E-state index contributed by atoms with van der Waals surface area (Å²) in [6, 6.07) is 0.314. The van der Waals surface area contributed by atoms with Gasteiger partial charge in [0.1, 0.15) is 17.8 Å². The largest absolute Gasteiger partial charge is 0.355 e. The molecule has 0 radical (unpaired) electrons. The van der Waals surface area contributed by atoms with Gasteiger partial charge in [0.25, 0.3) is 0 Å². The Morgan fingerprint density at radius 1 is 1.44 bits per heavy atom. The Morgan fingerprint density at radius 2 is 2.12 bits per heavy atom. The molecule has 0 N–H and O–H groups in total. The first kappa shape index (κ1) is 11.4. The third-order valence-electron chi connectivity index (χ3n) is 3.18. The molecule has 0 bridgehead atoms. The molecule has 2 aliphatic heterocycles. The molecule has 2 heterocycles. The van der Waals surface area contributed by atoms with Crippen molar-refractivity contribution < 1.29 is 8.78 Å². The van der Waals surface area contributed by atoms with Crippen molar-refractivity contribution >= 4 is 0 Å². The lowest BCUT2D eigenvalue weighted by molar-refractivity contribution is 0.149. The quantitative estimate of drug-likeness (QED) is 0.680. The normalized spacial score (nSPS) is 26.1. The van der Waals surface area contributed by atoms with Crippen LogP contribution in [0.1, 0.15) is 20.3 Å². The van der Waals surface area contributed by atoms with Crippen LogP contribution >= 0.6 is 0 Å². The number of halogens is 2. The molecule has 0 amide bonds. The highest BCUT2D eigenvalue weighted by Crippen LogP contribution is 2.33. The van der Waals surface area contributed by atoms with Crippen LogP contribution in [0.15, 0.2) is 23.3 Å². The fraction of sp³-hybridized carbons (Fsp3) is 0.667. The van der Waals surface area contributed by atoms with Crippen LogP contribution in [0.4, 0.5) is 8.78 Å². The molecule has 16 heavy (non-hydrogen) atoms. The third-order valence-corrected chi connectivity index (χ3v) is 3.18. The zero-order valence-corrected chi connectivity index (χ0v) is 10.0. The molecular formula is C12H18F2N2. The molecule has 1 atom stereocenters. The van der Waals surface area contributed by atoms with E-state index in [9.17, 15) is 8.78 Å². The molecule has 2 aliphatic rings. The third kappa shape index (κ3) is 1.81. The summed E-state index contributed by atoms with van der Waals surface area (Å²) in [4.78, 5) is 3.95. The van der Waals surface area contributed by atoms with Gasteiger partial charge in [0, 0.05) is 31.6 Å². The molecule has 1 unspecified atom stereocenters. The second-order valence-electron chi connectivity index (χ2n) is 4.77. The van der Waals surface area contributed by atoms with Crippen molar-refractivity contribution in [2.45, 2.75) is 32.5 Å². The predicted molar refractivity (Wildman–Crippen MR) is 60.2 cm³/mol. The van der Waals surface area contributed by atoms with E-state index in [1.54, 1.807) is 4.90 Å². The van der Waals surface area contributed by atoms with E-state index in [1.807, 2.05) is 7.05 Å². The highest BCUT2D eigenvalue weighted by molar-refractivity contribution is 5.35. The lowest BCUT2D eigenvalue weighted by atomic mass is 9.98. The highest BCUT2D eigenvalue weighted by Gasteiger charge is 2.33. The van der Waals surface area contributed by atoms with Gasteiger partial charge in [0.2, 0.25) is 0 Å². The average Bonchev–Trinajstić information content (AvgIpc) is 2.19. The zero-order chi connectivity index (χ0) is 11.9. The minimum atomic E-state index is -1.03. The van der Waals surface area contributed by atoms with Gasteiger partial charge in [0.05, 0.1) is 6.54 Å². The molecule has 2 nitrogen and oxygen atoms in total. The lowest BCUT2D eigenvalue weighted by Gasteiger charge is -2.43.